The van der Waals surface area contributed by atoms with E-state index in [1.807, 2.05) is 0 Å². The van der Waals surface area contributed by atoms with Crippen LogP contribution in [0.4, 0.5) is 8.78 Å². The van der Waals surface area contributed by atoms with Crippen LogP contribution in [0.2, 0.25) is 0 Å². The molecule has 0 aliphatic heterocycles. The molecule has 2 N–H and O–H groups in total. The van der Waals surface area contributed by atoms with Gasteiger partial charge >= 0.3 is 0 Å². The van der Waals surface area contributed by atoms with E-state index in [4.69, 9.17) is 5.73 Å². The van der Waals surface area contributed by atoms with Gasteiger partial charge in [-0.05, 0) is 31.5 Å². The zero-order valence-corrected chi connectivity index (χ0v) is 10.7. The predicted octanol–water partition coefficient (Wildman–Crippen LogP) is 1.79. The van der Waals surface area contributed by atoms with Gasteiger partial charge in [-0.25, -0.2) is 17.2 Å². The Morgan fingerprint density at radius 1 is 1.18 bits per heavy atom. The van der Waals surface area contributed by atoms with Crippen LogP contribution in [0.3, 0.4) is 0 Å². The van der Waals surface area contributed by atoms with E-state index >= 15 is 0 Å². The van der Waals surface area contributed by atoms with Crippen LogP contribution in [0.5, 0.6) is 0 Å². The van der Waals surface area contributed by atoms with Gasteiger partial charge in [0.2, 0.25) is 0 Å². The molecule has 0 fully saturated rings. The Labute approximate surface area is 99.6 Å². The summed E-state index contributed by atoms with van der Waals surface area (Å²) in [6.07, 6.45) is 1.04. The molecule has 3 nitrogen and oxygen atoms in total. The van der Waals surface area contributed by atoms with Gasteiger partial charge in [-0.3, -0.25) is 0 Å². The van der Waals surface area contributed by atoms with Crippen molar-refractivity contribution in [1.82, 2.24) is 0 Å². The highest BCUT2D eigenvalue weighted by atomic mass is 32.2. The minimum atomic E-state index is -3.45. The lowest BCUT2D eigenvalue weighted by atomic mass is 9.96. The number of benzene rings is 1. The van der Waals surface area contributed by atoms with Crippen LogP contribution >= 0.6 is 0 Å². The molecule has 1 aromatic carbocycles. The minimum absolute atomic E-state index is 0.123. The maximum absolute atomic E-state index is 13.0. The first-order valence-electron chi connectivity index (χ1n) is 4.97. The lowest BCUT2D eigenvalue weighted by Gasteiger charge is -2.30. The number of rotatable bonds is 3. The highest BCUT2D eigenvalue weighted by molar-refractivity contribution is 7.92. The largest absolute Gasteiger partial charge is 0.323 e. The summed E-state index contributed by atoms with van der Waals surface area (Å²) in [6.45, 7) is 2.85. The van der Waals surface area contributed by atoms with Crippen LogP contribution in [-0.2, 0) is 9.84 Å². The summed E-state index contributed by atoms with van der Waals surface area (Å²) < 4.78 is 47.9. The molecule has 1 aromatic rings. The first kappa shape index (κ1) is 14.1. The number of sulfone groups is 1. The van der Waals surface area contributed by atoms with Gasteiger partial charge in [-0.1, -0.05) is 0 Å². The third kappa shape index (κ3) is 2.81. The van der Waals surface area contributed by atoms with Gasteiger partial charge in [0.25, 0.3) is 0 Å². The van der Waals surface area contributed by atoms with E-state index in [0.717, 1.165) is 18.4 Å². The molecule has 0 radical (unpaired) electrons. The molecule has 0 aromatic heterocycles. The molecule has 0 aliphatic carbocycles. The van der Waals surface area contributed by atoms with E-state index in [2.05, 4.69) is 0 Å². The van der Waals surface area contributed by atoms with Crippen molar-refractivity contribution in [2.45, 2.75) is 24.6 Å². The maximum Gasteiger partial charge on any atom is 0.154 e. The van der Waals surface area contributed by atoms with E-state index in [1.54, 1.807) is 0 Å². The molecule has 17 heavy (non-hydrogen) atoms. The Balaban J connectivity index is 3.25. The van der Waals surface area contributed by atoms with Crippen molar-refractivity contribution >= 4 is 9.84 Å². The van der Waals surface area contributed by atoms with Gasteiger partial charge in [0.1, 0.15) is 11.6 Å². The van der Waals surface area contributed by atoms with Crippen molar-refractivity contribution in [3.05, 3.63) is 35.4 Å². The summed E-state index contributed by atoms with van der Waals surface area (Å²) in [5.74, 6) is -1.56. The van der Waals surface area contributed by atoms with E-state index in [9.17, 15) is 17.2 Å². The summed E-state index contributed by atoms with van der Waals surface area (Å²) in [6, 6.07) is 1.80. The normalized spacial score (nSPS) is 14.7. The zero-order valence-electron chi connectivity index (χ0n) is 9.87. The van der Waals surface area contributed by atoms with Crippen LogP contribution in [0.15, 0.2) is 18.2 Å². The van der Waals surface area contributed by atoms with Gasteiger partial charge in [0.15, 0.2) is 9.84 Å². The van der Waals surface area contributed by atoms with Gasteiger partial charge in [0, 0.05) is 18.4 Å². The Morgan fingerprint density at radius 3 is 1.94 bits per heavy atom. The second-order valence-electron chi connectivity index (χ2n) is 4.56. The molecule has 0 bridgehead atoms. The Morgan fingerprint density at radius 2 is 1.59 bits per heavy atom. The Kier molecular flexibility index (Phi) is 3.59. The topological polar surface area (TPSA) is 60.2 Å². The molecule has 0 heterocycles. The van der Waals surface area contributed by atoms with Crippen molar-refractivity contribution in [3.8, 4) is 0 Å². The summed E-state index contributed by atoms with van der Waals surface area (Å²) in [5.41, 5.74) is 5.91. The number of nitrogens with two attached hydrogens (primary N) is 1. The molecule has 1 rings (SSSR count). The molecular weight excluding hydrogens is 248 g/mol. The summed E-state index contributed by atoms with van der Waals surface area (Å²) in [5, 5.41) is 0. The monoisotopic (exact) mass is 263 g/mol. The molecule has 0 aliphatic rings. The van der Waals surface area contributed by atoms with Crippen LogP contribution in [0.1, 0.15) is 25.5 Å². The quantitative estimate of drug-likeness (QED) is 0.904. The third-order valence-electron chi connectivity index (χ3n) is 2.95. The van der Waals surface area contributed by atoms with Gasteiger partial charge < -0.3 is 5.73 Å². The molecule has 0 amide bonds. The average Bonchev–Trinajstić information content (AvgIpc) is 2.13. The van der Waals surface area contributed by atoms with Gasteiger partial charge in [0.05, 0.1) is 4.75 Å². The second-order valence-corrected chi connectivity index (χ2v) is 7.15. The predicted molar refractivity (Wildman–Crippen MR) is 62.2 cm³/mol. The molecule has 1 atom stereocenters. The minimum Gasteiger partial charge on any atom is -0.323 e. The highest BCUT2D eigenvalue weighted by Crippen LogP contribution is 2.30. The lowest BCUT2D eigenvalue weighted by Crippen LogP contribution is -2.42. The van der Waals surface area contributed by atoms with Crippen molar-refractivity contribution in [2.75, 3.05) is 6.26 Å². The fourth-order valence-corrected chi connectivity index (χ4v) is 1.98. The summed E-state index contributed by atoms with van der Waals surface area (Å²) in [4.78, 5) is 0. The van der Waals surface area contributed by atoms with Crippen LogP contribution < -0.4 is 5.73 Å². The van der Waals surface area contributed by atoms with Gasteiger partial charge in [-0.15, -0.1) is 0 Å². The summed E-state index contributed by atoms with van der Waals surface area (Å²) >= 11 is 0. The maximum atomic E-state index is 13.0. The highest BCUT2D eigenvalue weighted by Gasteiger charge is 2.38. The average molecular weight is 263 g/mol. The Bertz CT molecular complexity index is 506. The first-order valence-corrected chi connectivity index (χ1v) is 6.86. The number of halogens is 2. The molecule has 0 saturated carbocycles. The third-order valence-corrected chi connectivity index (χ3v) is 5.11. The van der Waals surface area contributed by atoms with Gasteiger partial charge in [-0.2, -0.15) is 0 Å². The Hall–Kier alpha value is -1.01. The first-order chi connectivity index (χ1) is 7.55. The summed E-state index contributed by atoms with van der Waals surface area (Å²) in [7, 11) is -3.45. The van der Waals surface area contributed by atoms with Crippen LogP contribution in [0, 0.1) is 11.6 Å². The van der Waals surface area contributed by atoms with Crippen molar-refractivity contribution in [3.63, 3.8) is 0 Å². The smallest absolute Gasteiger partial charge is 0.154 e. The lowest BCUT2D eigenvalue weighted by molar-refractivity contribution is 0.490. The number of hydrogen-bond donors (Lipinski definition) is 1. The molecule has 96 valence electrons. The fraction of sp³-hybridized carbons (Fsp3) is 0.455. The van der Waals surface area contributed by atoms with E-state index in [1.165, 1.54) is 13.8 Å². The van der Waals surface area contributed by atoms with E-state index < -0.39 is 32.3 Å². The SMILES string of the molecule is CC(C)(C(N)c1cc(F)cc(F)c1)S(C)(=O)=O. The zero-order chi connectivity index (χ0) is 13.4. The second kappa shape index (κ2) is 4.34. The van der Waals surface area contributed by atoms with Crippen molar-refractivity contribution < 1.29 is 17.2 Å². The van der Waals surface area contributed by atoms with Crippen molar-refractivity contribution in [2.24, 2.45) is 5.73 Å². The van der Waals surface area contributed by atoms with E-state index in [-0.39, 0.29) is 5.56 Å². The molecule has 1 unspecified atom stereocenters. The van der Waals surface area contributed by atoms with Crippen LogP contribution in [-0.4, -0.2) is 19.4 Å². The number of hydrogen-bond acceptors (Lipinski definition) is 3. The molecular formula is C11H15F2NO2S. The van der Waals surface area contributed by atoms with Crippen LogP contribution in [0.25, 0.3) is 0 Å². The molecule has 0 spiro atoms. The standard InChI is InChI=1S/C11H15F2NO2S/c1-11(2,17(3,15)16)10(14)7-4-8(12)6-9(13)5-7/h4-6,10H,14H2,1-3H3. The molecule has 6 heteroatoms. The fourth-order valence-electron chi connectivity index (χ4n) is 1.39. The van der Waals surface area contributed by atoms with Crippen molar-refractivity contribution in [1.29, 1.82) is 0 Å². The molecule has 0 saturated heterocycles. The van der Waals surface area contributed by atoms with E-state index in [0.29, 0.717) is 6.07 Å².